The predicted octanol–water partition coefficient (Wildman–Crippen LogP) is 4.76. The Morgan fingerprint density at radius 3 is 2.00 bits per heavy atom. The van der Waals surface area contributed by atoms with Crippen LogP contribution in [0.4, 0.5) is 13.2 Å². The van der Waals surface area contributed by atoms with Gasteiger partial charge in [0.1, 0.15) is 6.10 Å². The zero-order valence-corrected chi connectivity index (χ0v) is 14.7. The van der Waals surface area contributed by atoms with E-state index in [1.165, 1.54) is 0 Å². The second-order valence-corrected chi connectivity index (χ2v) is 8.31. The molecule has 3 aliphatic carbocycles. The molecule has 3 rings (SSSR count). The lowest BCUT2D eigenvalue weighted by atomic mass is 9.75. The minimum absolute atomic E-state index is 0.0308. The van der Waals surface area contributed by atoms with E-state index in [1.807, 2.05) is 0 Å². The summed E-state index contributed by atoms with van der Waals surface area (Å²) in [4.78, 5) is 12.3. The predicted molar refractivity (Wildman–Crippen MR) is 86.8 cm³/mol. The molecule has 0 aliphatic heterocycles. The van der Waals surface area contributed by atoms with Crippen LogP contribution in [0, 0.1) is 17.8 Å². The second-order valence-electron chi connectivity index (χ2n) is 8.31. The van der Waals surface area contributed by atoms with E-state index in [-0.39, 0.29) is 43.7 Å². The highest BCUT2D eigenvalue weighted by atomic mass is 19.4. The monoisotopic (exact) mass is 362 g/mol. The van der Waals surface area contributed by atoms with Gasteiger partial charge in [-0.15, -0.1) is 0 Å². The van der Waals surface area contributed by atoms with Crippen LogP contribution < -0.4 is 0 Å². The average molecular weight is 362 g/mol. The minimum Gasteiger partial charge on any atom is -0.462 e. The van der Waals surface area contributed by atoms with E-state index in [4.69, 9.17) is 4.74 Å². The fourth-order valence-electron chi connectivity index (χ4n) is 5.03. The van der Waals surface area contributed by atoms with E-state index < -0.39 is 17.7 Å². The van der Waals surface area contributed by atoms with Crippen molar-refractivity contribution >= 4 is 5.97 Å². The van der Waals surface area contributed by atoms with Crippen LogP contribution in [0.5, 0.6) is 0 Å². The molecule has 1 N–H and O–H groups in total. The molecule has 144 valence electrons. The number of esters is 1. The maximum Gasteiger partial charge on any atom is 0.391 e. The Bertz CT molecular complexity index is 455. The number of carbonyl (C=O) groups is 1. The van der Waals surface area contributed by atoms with Crippen LogP contribution in [0.15, 0.2) is 0 Å². The van der Waals surface area contributed by atoms with Crippen molar-refractivity contribution in [2.24, 2.45) is 17.8 Å². The van der Waals surface area contributed by atoms with Crippen LogP contribution in [0.1, 0.15) is 77.0 Å². The standard InChI is InChI=1S/C19H29F3O3/c20-19(21,22)15-5-3-13(4-6-15)17(23)25-16-9-7-14(8-10-16)18(24)11-1-2-12-18/h13-16,24H,1-12H2. The van der Waals surface area contributed by atoms with E-state index in [9.17, 15) is 23.1 Å². The van der Waals surface area contributed by atoms with Gasteiger partial charge >= 0.3 is 12.1 Å². The van der Waals surface area contributed by atoms with Crippen molar-refractivity contribution in [3.8, 4) is 0 Å². The highest BCUT2D eigenvalue weighted by molar-refractivity contribution is 5.72. The largest absolute Gasteiger partial charge is 0.462 e. The first-order chi connectivity index (χ1) is 11.8. The molecular weight excluding hydrogens is 333 g/mol. The van der Waals surface area contributed by atoms with Crippen molar-refractivity contribution in [3.05, 3.63) is 0 Å². The maximum absolute atomic E-state index is 12.7. The quantitative estimate of drug-likeness (QED) is 0.736. The Morgan fingerprint density at radius 2 is 1.48 bits per heavy atom. The highest BCUT2D eigenvalue weighted by Crippen LogP contribution is 2.44. The van der Waals surface area contributed by atoms with Gasteiger partial charge in [-0.3, -0.25) is 4.79 Å². The Balaban J connectivity index is 1.41. The molecule has 0 saturated heterocycles. The molecule has 0 bridgehead atoms. The summed E-state index contributed by atoms with van der Waals surface area (Å²) in [6.07, 6.45) is 3.54. The summed E-state index contributed by atoms with van der Waals surface area (Å²) in [7, 11) is 0. The fourth-order valence-corrected chi connectivity index (χ4v) is 5.03. The van der Waals surface area contributed by atoms with E-state index in [1.54, 1.807) is 0 Å². The van der Waals surface area contributed by atoms with Gasteiger partial charge < -0.3 is 9.84 Å². The van der Waals surface area contributed by atoms with Crippen molar-refractivity contribution in [1.29, 1.82) is 0 Å². The van der Waals surface area contributed by atoms with Crippen molar-refractivity contribution < 1.29 is 27.8 Å². The normalized spacial score (nSPS) is 36.2. The van der Waals surface area contributed by atoms with E-state index in [0.717, 1.165) is 51.4 Å². The molecule has 0 radical (unpaired) electrons. The van der Waals surface area contributed by atoms with Crippen molar-refractivity contribution in [3.63, 3.8) is 0 Å². The first-order valence-corrected chi connectivity index (χ1v) is 9.77. The molecule has 0 aromatic heterocycles. The number of rotatable bonds is 3. The Morgan fingerprint density at radius 1 is 0.920 bits per heavy atom. The van der Waals surface area contributed by atoms with E-state index in [0.29, 0.717) is 5.92 Å². The van der Waals surface area contributed by atoms with Crippen LogP contribution >= 0.6 is 0 Å². The zero-order chi connectivity index (χ0) is 18.1. The average Bonchev–Trinajstić information content (AvgIpc) is 3.03. The van der Waals surface area contributed by atoms with Gasteiger partial charge in [0.05, 0.1) is 17.4 Å². The first kappa shape index (κ1) is 19.0. The molecule has 3 saturated carbocycles. The zero-order valence-electron chi connectivity index (χ0n) is 14.7. The summed E-state index contributed by atoms with van der Waals surface area (Å²) >= 11 is 0. The molecule has 0 unspecified atom stereocenters. The number of hydrogen-bond donors (Lipinski definition) is 1. The molecule has 3 aliphatic rings. The highest BCUT2D eigenvalue weighted by Gasteiger charge is 2.44. The molecule has 6 heteroatoms. The SMILES string of the molecule is O=C(OC1CCC(C2(O)CCCC2)CC1)C1CCC(C(F)(F)F)CC1. The van der Waals surface area contributed by atoms with E-state index >= 15 is 0 Å². The molecular formula is C19H29F3O3. The molecule has 0 aromatic rings. The van der Waals surface area contributed by atoms with Gasteiger partial charge in [-0.2, -0.15) is 13.2 Å². The van der Waals surface area contributed by atoms with Gasteiger partial charge in [0, 0.05) is 0 Å². The van der Waals surface area contributed by atoms with Crippen molar-refractivity contribution in [2.45, 2.75) is 94.9 Å². The van der Waals surface area contributed by atoms with Gasteiger partial charge in [-0.05, 0) is 70.1 Å². The van der Waals surface area contributed by atoms with Crippen molar-refractivity contribution in [2.75, 3.05) is 0 Å². The molecule has 3 nitrogen and oxygen atoms in total. The third kappa shape index (κ3) is 4.50. The molecule has 0 heterocycles. The second kappa shape index (κ2) is 7.45. The summed E-state index contributed by atoms with van der Waals surface area (Å²) in [5.41, 5.74) is -0.523. The van der Waals surface area contributed by atoms with E-state index in [2.05, 4.69) is 0 Å². The van der Waals surface area contributed by atoms with Gasteiger partial charge in [-0.25, -0.2) is 0 Å². The number of carbonyl (C=O) groups excluding carboxylic acids is 1. The first-order valence-electron chi connectivity index (χ1n) is 9.77. The lowest BCUT2D eigenvalue weighted by Crippen LogP contribution is -2.39. The Labute approximate surface area is 147 Å². The Kier molecular flexibility index (Phi) is 5.66. The minimum atomic E-state index is -4.15. The number of alkyl halides is 3. The third-order valence-electron chi connectivity index (χ3n) is 6.71. The molecule has 0 atom stereocenters. The third-order valence-corrected chi connectivity index (χ3v) is 6.71. The smallest absolute Gasteiger partial charge is 0.391 e. The number of ether oxygens (including phenoxy) is 1. The van der Waals surface area contributed by atoms with Crippen LogP contribution in [0.2, 0.25) is 0 Å². The van der Waals surface area contributed by atoms with Gasteiger partial charge in [0.25, 0.3) is 0 Å². The lowest BCUT2D eigenvalue weighted by Gasteiger charge is -2.38. The van der Waals surface area contributed by atoms with Gasteiger partial charge in [0.15, 0.2) is 0 Å². The molecule has 25 heavy (non-hydrogen) atoms. The van der Waals surface area contributed by atoms with Gasteiger partial charge in [0.2, 0.25) is 0 Å². The fraction of sp³-hybridized carbons (Fsp3) is 0.947. The summed E-state index contributed by atoms with van der Waals surface area (Å²) in [6, 6.07) is 0. The maximum atomic E-state index is 12.7. The molecule has 0 amide bonds. The van der Waals surface area contributed by atoms with Crippen LogP contribution in [0.3, 0.4) is 0 Å². The van der Waals surface area contributed by atoms with Gasteiger partial charge in [-0.1, -0.05) is 12.8 Å². The summed E-state index contributed by atoms with van der Waals surface area (Å²) in [6.45, 7) is 0. The summed E-state index contributed by atoms with van der Waals surface area (Å²) in [5, 5.41) is 10.7. The van der Waals surface area contributed by atoms with Crippen LogP contribution in [0.25, 0.3) is 0 Å². The van der Waals surface area contributed by atoms with Crippen molar-refractivity contribution in [1.82, 2.24) is 0 Å². The number of hydrogen-bond acceptors (Lipinski definition) is 3. The lowest BCUT2D eigenvalue weighted by molar-refractivity contribution is -0.188. The van der Waals surface area contributed by atoms with Crippen LogP contribution in [-0.2, 0) is 9.53 Å². The number of aliphatic hydroxyl groups is 1. The molecule has 0 aromatic carbocycles. The number of halogens is 3. The molecule has 3 fully saturated rings. The Hall–Kier alpha value is -0.780. The summed E-state index contributed by atoms with van der Waals surface area (Å²) < 4.78 is 43.7. The van der Waals surface area contributed by atoms with Crippen LogP contribution in [-0.4, -0.2) is 29.0 Å². The topological polar surface area (TPSA) is 46.5 Å². The summed E-state index contributed by atoms with van der Waals surface area (Å²) in [5.74, 6) is -1.66. The molecule has 0 spiro atoms.